The first-order valence-corrected chi connectivity index (χ1v) is 10.5. The zero-order chi connectivity index (χ0) is 16.5. The van der Waals surface area contributed by atoms with Crippen LogP contribution in [0.4, 0.5) is 0 Å². The van der Waals surface area contributed by atoms with E-state index in [1.165, 1.54) is 6.26 Å². The Morgan fingerprint density at radius 3 is 2.96 bits per heavy atom. The van der Waals surface area contributed by atoms with Crippen LogP contribution in [-0.2, 0) is 26.0 Å². The van der Waals surface area contributed by atoms with Crippen molar-refractivity contribution in [2.45, 2.75) is 24.9 Å². The van der Waals surface area contributed by atoms with Crippen LogP contribution < -0.4 is 4.72 Å². The molecule has 1 N–H and O–H groups in total. The molecule has 0 bridgehead atoms. The first kappa shape index (κ1) is 16.9. The average Bonchev–Trinajstić information content (AvgIpc) is 3.04. The number of sulfonamides is 1. The summed E-state index contributed by atoms with van der Waals surface area (Å²) >= 11 is 1.60. The van der Waals surface area contributed by atoms with Crippen molar-refractivity contribution in [3.8, 4) is 0 Å². The molecule has 2 saturated heterocycles. The van der Waals surface area contributed by atoms with Crippen molar-refractivity contribution in [2.24, 2.45) is 5.92 Å². The van der Waals surface area contributed by atoms with Gasteiger partial charge in [-0.05, 0) is 30.2 Å². The van der Waals surface area contributed by atoms with Gasteiger partial charge < -0.3 is 9.64 Å². The van der Waals surface area contributed by atoms with E-state index in [1.807, 2.05) is 22.4 Å². The van der Waals surface area contributed by atoms with Crippen LogP contribution in [0, 0.1) is 5.92 Å². The first-order chi connectivity index (χ1) is 10.9. The van der Waals surface area contributed by atoms with Crippen LogP contribution in [0.5, 0.6) is 0 Å². The van der Waals surface area contributed by atoms with Gasteiger partial charge in [-0.25, -0.2) is 13.1 Å². The topological polar surface area (TPSA) is 75.7 Å². The molecular weight excluding hydrogens is 336 g/mol. The van der Waals surface area contributed by atoms with Crippen molar-refractivity contribution in [3.05, 3.63) is 22.4 Å². The molecule has 1 amide bonds. The summed E-state index contributed by atoms with van der Waals surface area (Å²) in [7, 11) is -3.15. The van der Waals surface area contributed by atoms with Crippen LogP contribution in [0.1, 0.15) is 17.7 Å². The minimum absolute atomic E-state index is 0.140. The third-order valence-electron chi connectivity index (χ3n) is 4.63. The van der Waals surface area contributed by atoms with Crippen molar-refractivity contribution in [1.29, 1.82) is 0 Å². The molecule has 0 saturated carbocycles. The number of likely N-dealkylation sites (tertiary alicyclic amines) is 1. The van der Waals surface area contributed by atoms with E-state index >= 15 is 0 Å². The van der Waals surface area contributed by atoms with E-state index in [4.69, 9.17) is 4.74 Å². The highest BCUT2D eigenvalue weighted by Gasteiger charge is 2.53. The Hall–Kier alpha value is -0.960. The Labute approximate surface area is 140 Å². The monoisotopic (exact) mass is 358 g/mol. The van der Waals surface area contributed by atoms with Crippen molar-refractivity contribution in [3.63, 3.8) is 0 Å². The molecule has 2 aliphatic heterocycles. The van der Waals surface area contributed by atoms with Gasteiger partial charge in [0, 0.05) is 18.0 Å². The molecule has 3 rings (SSSR count). The number of hydrogen-bond donors (Lipinski definition) is 1. The molecular formula is C15H22N2O4S2. The molecule has 23 heavy (non-hydrogen) atoms. The van der Waals surface area contributed by atoms with Gasteiger partial charge in [0.15, 0.2) is 0 Å². The van der Waals surface area contributed by atoms with Crippen LogP contribution in [0.2, 0.25) is 0 Å². The van der Waals surface area contributed by atoms with E-state index in [1.54, 1.807) is 11.3 Å². The number of carbonyl (C=O) groups excluding carboxylic acids is 1. The molecule has 8 heteroatoms. The molecule has 1 spiro atoms. The van der Waals surface area contributed by atoms with Gasteiger partial charge in [-0.1, -0.05) is 6.07 Å². The van der Waals surface area contributed by atoms with Gasteiger partial charge in [-0.3, -0.25) is 4.79 Å². The summed E-state index contributed by atoms with van der Waals surface area (Å²) in [6.45, 7) is 2.37. The lowest BCUT2D eigenvalue weighted by Crippen LogP contribution is -2.66. The number of carbonyl (C=O) groups is 1. The fourth-order valence-electron chi connectivity index (χ4n) is 3.41. The maximum Gasteiger partial charge on any atom is 0.228 e. The summed E-state index contributed by atoms with van der Waals surface area (Å²) in [5.74, 6) is 0.448. The molecule has 6 nitrogen and oxygen atoms in total. The third kappa shape index (κ3) is 3.93. The van der Waals surface area contributed by atoms with Gasteiger partial charge in [-0.15, -0.1) is 11.3 Å². The second kappa shape index (κ2) is 6.51. The maximum absolute atomic E-state index is 12.3. The number of ether oxygens (including phenoxy) is 1. The minimum atomic E-state index is -3.15. The Morgan fingerprint density at radius 2 is 2.30 bits per heavy atom. The highest BCUT2D eigenvalue weighted by atomic mass is 32.2. The van der Waals surface area contributed by atoms with Gasteiger partial charge in [0.25, 0.3) is 0 Å². The zero-order valence-electron chi connectivity index (χ0n) is 13.2. The van der Waals surface area contributed by atoms with Gasteiger partial charge in [0.2, 0.25) is 15.9 Å². The number of rotatable bonds is 6. The van der Waals surface area contributed by atoms with Gasteiger partial charge in [-0.2, -0.15) is 0 Å². The molecule has 0 aliphatic carbocycles. The fraction of sp³-hybridized carbons (Fsp3) is 0.667. The predicted molar refractivity (Wildman–Crippen MR) is 88.9 cm³/mol. The summed E-state index contributed by atoms with van der Waals surface area (Å²) in [4.78, 5) is 15.2. The van der Waals surface area contributed by atoms with E-state index in [2.05, 4.69) is 4.72 Å². The fourth-order valence-corrected chi connectivity index (χ4v) is 4.60. The molecule has 0 aromatic carbocycles. The Kier molecular flexibility index (Phi) is 4.78. The molecule has 2 aliphatic rings. The lowest BCUT2D eigenvalue weighted by Gasteiger charge is -2.50. The molecule has 3 heterocycles. The number of amides is 1. The molecule has 0 unspecified atom stereocenters. The second-order valence-electron chi connectivity index (χ2n) is 6.36. The van der Waals surface area contributed by atoms with Crippen LogP contribution in [0.25, 0.3) is 0 Å². The first-order valence-electron chi connectivity index (χ1n) is 7.77. The lowest BCUT2D eigenvalue weighted by molar-refractivity contribution is -0.164. The van der Waals surface area contributed by atoms with Crippen LogP contribution in [0.15, 0.2) is 17.5 Å². The van der Waals surface area contributed by atoms with E-state index in [0.29, 0.717) is 38.6 Å². The summed E-state index contributed by atoms with van der Waals surface area (Å²) < 4.78 is 30.8. The summed E-state index contributed by atoms with van der Waals surface area (Å²) in [6, 6.07) is 3.93. The summed E-state index contributed by atoms with van der Waals surface area (Å²) in [5.41, 5.74) is -0.260. The van der Waals surface area contributed by atoms with Crippen molar-refractivity contribution in [1.82, 2.24) is 9.62 Å². The second-order valence-corrected chi connectivity index (χ2v) is 9.23. The third-order valence-corrected chi connectivity index (χ3v) is 6.24. The molecule has 1 aromatic heterocycles. The highest BCUT2D eigenvalue weighted by molar-refractivity contribution is 7.88. The minimum Gasteiger partial charge on any atom is -0.371 e. The van der Waals surface area contributed by atoms with Gasteiger partial charge in [0.1, 0.15) is 5.60 Å². The van der Waals surface area contributed by atoms with Crippen LogP contribution >= 0.6 is 11.3 Å². The van der Waals surface area contributed by atoms with Gasteiger partial charge >= 0.3 is 0 Å². The SMILES string of the molecule is CS(=O)(=O)NCC[C@@H]1CCOC12CN(C(=O)Cc1cccs1)C2. The van der Waals surface area contributed by atoms with Crippen molar-refractivity contribution >= 4 is 27.3 Å². The number of thiophene rings is 1. The van der Waals surface area contributed by atoms with Crippen LogP contribution in [0.3, 0.4) is 0 Å². The number of hydrogen-bond acceptors (Lipinski definition) is 5. The standard InChI is InChI=1S/C15H22N2O4S2/c1-23(19,20)16-6-4-12-5-7-21-15(12)10-17(11-15)14(18)9-13-3-2-8-22-13/h2-3,8,12,16H,4-7,9-11H2,1H3/t12-/m1/s1. The Morgan fingerprint density at radius 1 is 1.52 bits per heavy atom. The molecule has 0 radical (unpaired) electrons. The molecule has 2 fully saturated rings. The molecule has 1 aromatic rings. The Balaban J connectivity index is 1.50. The highest BCUT2D eigenvalue weighted by Crippen LogP contribution is 2.41. The number of nitrogens with one attached hydrogen (secondary N) is 1. The normalized spacial score (nSPS) is 23.2. The maximum atomic E-state index is 12.3. The van der Waals surface area contributed by atoms with E-state index in [0.717, 1.165) is 17.7 Å². The summed E-state index contributed by atoms with van der Waals surface area (Å²) in [5, 5.41) is 1.98. The van der Waals surface area contributed by atoms with Crippen LogP contribution in [-0.4, -0.2) is 57.3 Å². The van der Waals surface area contributed by atoms with E-state index < -0.39 is 10.0 Å². The smallest absolute Gasteiger partial charge is 0.228 e. The molecule has 128 valence electrons. The average molecular weight is 358 g/mol. The predicted octanol–water partition coefficient (Wildman–Crippen LogP) is 0.847. The van der Waals surface area contributed by atoms with Crippen molar-refractivity contribution in [2.75, 3.05) is 32.5 Å². The largest absolute Gasteiger partial charge is 0.371 e. The van der Waals surface area contributed by atoms with E-state index in [9.17, 15) is 13.2 Å². The van der Waals surface area contributed by atoms with Gasteiger partial charge in [0.05, 0.1) is 25.8 Å². The zero-order valence-corrected chi connectivity index (χ0v) is 14.8. The van der Waals surface area contributed by atoms with Crippen molar-refractivity contribution < 1.29 is 17.9 Å². The van der Waals surface area contributed by atoms with E-state index in [-0.39, 0.29) is 11.5 Å². The lowest BCUT2D eigenvalue weighted by atomic mass is 9.79. The number of nitrogens with zero attached hydrogens (tertiary/aromatic N) is 1. The Bertz CT molecular complexity index is 651. The molecule has 1 atom stereocenters. The quantitative estimate of drug-likeness (QED) is 0.818. The summed E-state index contributed by atoms with van der Waals surface area (Å²) in [6.07, 6.45) is 3.30.